The maximum Gasteiger partial charge on any atom is 0.139 e. The maximum absolute atomic E-state index is 12.4. The zero-order valence-electron chi connectivity index (χ0n) is 13.7. The predicted molar refractivity (Wildman–Crippen MR) is 84.1 cm³/mol. The van der Waals surface area contributed by atoms with Crippen LogP contribution < -0.4 is 0 Å². The average molecular weight is 304 g/mol. The molecule has 22 heavy (non-hydrogen) atoms. The summed E-state index contributed by atoms with van der Waals surface area (Å²) in [6.45, 7) is 4.49. The first kappa shape index (κ1) is 14.9. The summed E-state index contributed by atoms with van der Waals surface area (Å²) in [6, 6.07) is 0. The van der Waals surface area contributed by atoms with Crippen LogP contribution in [0.25, 0.3) is 0 Å². The zero-order chi connectivity index (χ0) is 15.7. The molecule has 4 aliphatic carbocycles. The minimum atomic E-state index is -0.342. The quantitative estimate of drug-likeness (QED) is 0.677. The number of carbonyl (C=O) groups excluding carboxylic acids is 1. The first-order valence-corrected chi connectivity index (χ1v) is 8.97. The highest BCUT2D eigenvalue weighted by Gasteiger charge is 2.61. The van der Waals surface area contributed by atoms with Gasteiger partial charge in [0.1, 0.15) is 5.78 Å². The zero-order valence-corrected chi connectivity index (χ0v) is 13.7. The molecule has 3 saturated carbocycles. The van der Waals surface area contributed by atoms with Gasteiger partial charge in [0, 0.05) is 11.8 Å². The van der Waals surface area contributed by atoms with E-state index in [1.165, 1.54) is 5.57 Å². The molecule has 0 heterocycles. The molecule has 0 aromatic carbocycles. The monoisotopic (exact) mass is 304 g/mol. The van der Waals surface area contributed by atoms with E-state index in [0.717, 1.165) is 32.1 Å². The normalized spacial score (nSPS) is 54.3. The molecule has 122 valence electrons. The number of aliphatic hydroxyl groups excluding tert-OH is 2. The van der Waals surface area contributed by atoms with E-state index in [-0.39, 0.29) is 29.0 Å². The summed E-state index contributed by atoms with van der Waals surface area (Å²) in [6.07, 6.45) is 7.57. The van der Waals surface area contributed by atoms with E-state index < -0.39 is 0 Å². The first-order chi connectivity index (χ1) is 10.4. The highest BCUT2D eigenvalue weighted by atomic mass is 16.3. The van der Waals surface area contributed by atoms with Crippen molar-refractivity contribution in [3.8, 4) is 0 Å². The van der Waals surface area contributed by atoms with Gasteiger partial charge in [0.2, 0.25) is 0 Å². The minimum absolute atomic E-state index is 0.121. The Balaban J connectivity index is 1.74. The molecular formula is C19H28O3. The number of fused-ring (bicyclic) bond motifs is 5. The van der Waals surface area contributed by atoms with E-state index in [0.29, 0.717) is 30.5 Å². The second-order valence-corrected chi connectivity index (χ2v) is 8.70. The molecule has 4 rings (SSSR count). The van der Waals surface area contributed by atoms with Crippen LogP contribution in [0.5, 0.6) is 0 Å². The Labute approximate surface area is 132 Å². The summed E-state index contributed by atoms with van der Waals surface area (Å²) in [5.41, 5.74) is 1.21. The molecule has 4 aliphatic rings. The van der Waals surface area contributed by atoms with Crippen LogP contribution in [0.3, 0.4) is 0 Å². The molecule has 0 spiro atoms. The van der Waals surface area contributed by atoms with E-state index in [2.05, 4.69) is 13.8 Å². The molecule has 0 aromatic heterocycles. The van der Waals surface area contributed by atoms with Crippen LogP contribution in [0.15, 0.2) is 11.6 Å². The molecule has 0 bridgehead atoms. The molecule has 0 saturated heterocycles. The lowest BCUT2D eigenvalue weighted by atomic mass is 9.46. The molecule has 7 atom stereocenters. The highest BCUT2D eigenvalue weighted by Crippen LogP contribution is 2.64. The fourth-order valence-corrected chi connectivity index (χ4v) is 6.45. The van der Waals surface area contributed by atoms with Gasteiger partial charge in [0.05, 0.1) is 12.2 Å². The smallest absolute Gasteiger partial charge is 0.139 e. The van der Waals surface area contributed by atoms with Crippen LogP contribution in [0.2, 0.25) is 0 Å². The predicted octanol–water partition coefficient (Wildman–Crippen LogP) is 2.85. The Kier molecular flexibility index (Phi) is 3.16. The van der Waals surface area contributed by atoms with E-state index in [4.69, 9.17) is 0 Å². The van der Waals surface area contributed by atoms with Crippen molar-refractivity contribution in [1.82, 2.24) is 0 Å². The van der Waals surface area contributed by atoms with E-state index in [1.54, 1.807) is 0 Å². The number of ketones is 1. The molecule has 0 amide bonds. The number of rotatable bonds is 0. The average Bonchev–Trinajstić information content (AvgIpc) is 2.77. The number of carbonyl (C=O) groups is 1. The molecule has 0 aliphatic heterocycles. The van der Waals surface area contributed by atoms with Gasteiger partial charge in [0.15, 0.2) is 0 Å². The lowest BCUT2D eigenvalue weighted by Gasteiger charge is -2.58. The van der Waals surface area contributed by atoms with Crippen LogP contribution in [-0.2, 0) is 4.79 Å². The summed E-state index contributed by atoms with van der Waals surface area (Å²) >= 11 is 0. The van der Waals surface area contributed by atoms with Gasteiger partial charge in [-0.25, -0.2) is 0 Å². The molecule has 0 radical (unpaired) electrons. The Morgan fingerprint density at radius 1 is 1.05 bits per heavy atom. The Bertz CT molecular complexity index is 539. The van der Waals surface area contributed by atoms with Gasteiger partial charge in [-0.15, -0.1) is 0 Å². The standard InChI is InChI=1S/C19H28O3/c1-18-7-5-12(20)9-11(18)10-15(21)17-13-3-4-16(22)19(13,2)8-6-14(17)18/h9,12-15,17,20-21H,3-8,10H2,1-2H3/t12-,13+,14+,15-,17+,18+,19+/m1/s1. The molecule has 3 heteroatoms. The first-order valence-electron chi connectivity index (χ1n) is 8.97. The van der Waals surface area contributed by atoms with Crippen LogP contribution in [0.4, 0.5) is 0 Å². The summed E-state index contributed by atoms with van der Waals surface area (Å²) in [4.78, 5) is 12.4. The van der Waals surface area contributed by atoms with Gasteiger partial charge in [-0.2, -0.15) is 0 Å². The van der Waals surface area contributed by atoms with Crippen LogP contribution in [0, 0.1) is 28.6 Å². The van der Waals surface area contributed by atoms with Crippen molar-refractivity contribution in [2.75, 3.05) is 0 Å². The van der Waals surface area contributed by atoms with Crippen LogP contribution in [-0.4, -0.2) is 28.2 Å². The number of hydrogen-bond donors (Lipinski definition) is 2. The second kappa shape index (κ2) is 4.67. The molecule has 2 N–H and O–H groups in total. The van der Waals surface area contributed by atoms with Crippen molar-refractivity contribution < 1.29 is 15.0 Å². The van der Waals surface area contributed by atoms with Gasteiger partial charge in [-0.3, -0.25) is 4.79 Å². The van der Waals surface area contributed by atoms with Gasteiger partial charge in [-0.1, -0.05) is 25.5 Å². The van der Waals surface area contributed by atoms with Crippen molar-refractivity contribution in [2.24, 2.45) is 28.6 Å². The molecule has 3 nitrogen and oxygen atoms in total. The summed E-state index contributed by atoms with van der Waals surface area (Å²) in [5.74, 6) is 1.52. The number of hydrogen-bond acceptors (Lipinski definition) is 3. The third kappa shape index (κ3) is 1.78. The summed E-state index contributed by atoms with van der Waals surface area (Å²) in [7, 11) is 0. The van der Waals surface area contributed by atoms with E-state index in [9.17, 15) is 15.0 Å². The highest BCUT2D eigenvalue weighted by molar-refractivity contribution is 5.87. The lowest BCUT2D eigenvalue weighted by Crippen LogP contribution is -2.55. The fraction of sp³-hybridized carbons (Fsp3) is 0.842. The Hall–Kier alpha value is -0.670. The minimum Gasteiger partial charge on any atom is -0.392 e. The van der Waals surface area contributed by atoms with Crippen molar-refractivity contribution >= 4 is 5.78 Å². The van der Waals surface area contributed by atoms with Gasteiger partial charge < -0.3 is 10.2 Å². The van der Waals surface area contributed by atoms with Crippen molar-refractivity contribution in [1.29, 1.82) is 0 Å². The third-order valence-electron chi connectivity index (χ3n) is 7.82. The largest absolute Gasteiger partial charge is 0.392 e. The van der Waals surface area contributed by atoms with Crippen molar-refractivity contribution in [3.63, 3.8) is 0 Å². The Morgan fingerprint density at radius 3 is 2.50 bits per heavy atom. The second-order valence-electron chi connectivity index (χ2n) is 8.70. The summed E-state index contributed by atoms with van der Waals surface area (Å²) in [5, 5.41) is 20.8. The van der Waals surface area contributed by atoms with E-state index >= 15 is 0 Å². The van der Waals surface area contributed by atoms with Crippen LogP contribution in [0.1, 0.15) is 58.8 Å². The number of Topliss-reactive ketones (excluding diaryl/α,β-unsaturated/α-hetero) is 1. The van der Waals surface area contributed by atoms with Crippen LogP contribution >= 0.6 is 0 Å². The maximum atomic E-state index is 12.4. The topological polar surface area (TPSA) is 57.5 Å². The lowest BCUT2D eigenvalue weighted by molar-refractivity contribution is -0.139. The van der Waals surface area contributed by atoms with Gasteiger partial charge in [-0.05, 0) is 61.7 Å². The summed E-state index contributed by atoms with van der Waals surface area (Å²) < 4.78 is 0. The van der Waals surface area contributed by atoms with Gasteiger partial charge >= 0.3 is 0 Å². The van der Waals surface area contributed by atoms with E-state index in [1.807, 2.05) is 6.08 Å². The number of aliphatic hydroxyl groups is 2. The van der Waals surface area contributed by atoms with Crippen molar-refractivity contribution in [3.05, 3.63) is 11.6 Å². The van der Waals surface area contributed by atoms with Gasteiger partial charge in [0.25, 0.3) is 0 Å². The molecule has 0 aromatic rings. The Morgan fingerprint density at radius 2 is 1.73 bits per heavy atom. The SMILES string of the molecule is C[C@]12CC[C@@H](O)C=C1C[C@@H](O)[C@@H]1[C@@H]2CC[C@]2(C)C(=O)CC[C@@H]12. The fourth-order valence-electron chi connectivity index (χ4n) is 6.45. The molecular weight excluding hydrogens is 276 g/mol. The third-order valence-corrected chi connectivity index (χ3v) is 7.82. The molecule has 0 unspecified atom stereocenters. The van der Waals surface area contributed by atoms with Crippen molar-refractivity contribution in [2.45, 2.75) is 71.0 Å². The molecule has 3 fully saturated rings.